The van der Waals surface area contributed by atoms with Crippen LogP contribution in [0, 0.1) is 0 Å². The summed E-state index contributed by atoms with van der Waals surface area (Å²) in [6.07, 6.45) is 1.84. The molecular formula is C26H26N2O5S. The molecule has 1 aromatic heterocycles. The molecule has 0 saturated carbocycles. The van der Waals surface area contributed by atoms with E-state index in [-0.39, 0.29) is 12.2 Å². The minimum Gasteiger partial charge on any atom is -0.493 e. The van der Waals surface area contributed by atoms with Crippen LogP contribution >= 0.6 is 11.3 Å². The molecule has 2 aromatic carbocycles. The molecule has 1 aliphatic rings. The van der Waals surface area contributed by atoms with Crippen molar-refractivity contribution in [3.63, 3.8) is 0 Å². The summed E-state index contributed by atoms with van der Waals surface area (Å²) in [7, 11) is 1.57. The van der Waals surface area contributed by atoms with E-state index in [0.29, 0.717) is 44.3 Å². The van der Waals surface area contributed by atoms with Crippen molar-refractivity contribution in [2.24, 2.45) is 4.99 Å². The topological polar surface area (TPSA) is 79.1 Å². The highest BCUT2D eigenvalue weighted by Crippen LogP contribution is 2.36. The van der Waals surface area contributed by atoms with Crippen LogP contribution in [0.3, 0.4) is 0 Å². The lowest BCUT2D eigenvalue weighted by atomic mass is 9.95. The minimum atomic E-state index is -0.710. The molecule has 0 saturated heterocycles. The summed E-state index contributed by atoms with van der Waals surface area (Å²) in [6, 6.07) is 14.3. The van der Waals surface area contributed by atoms with Crippen molar-refractivity contribution >= 4 is 23.4 Å². The molecule has 3 aromatic rings. The normalized spacial score (nSPS) is 15.5. The quantitative estimate of drug-likeness (QED) is 0.488. The number of esters is 1. The lowest BCUT2D eigenvalue weighted by Gasteiger charge is -2.25. The van der Waals surface area contributed by atoms with Gasteiger partial charge in [0.25, 0.3) is 5.56 Å². The van der Waals surface area contributed by atoms with E-state index in [9.17, 15) is 9.59 Å². The van der Waals surface area contributed by atoms with E-state index >= 15 is 0 Å². The van der Waals surface area contributed by atoms with Gasteiger partial charge in [-0.25, -0.2) is 9.79 Å². The highest BCUT2D eigenvalue weighted by molar-refractivity contribution is 7.07. The summed E-state index contributed by atoms with van der Waals surface area (Å²) in [4.78, 5) is 31.8. The molecule has 34 heavy (non-hydrogen) atoms. The molecule has 0 aliphatic carbocycles. The third-order valence-corrected chi connectivity index (χ3v) is 6.40. The molecule has 8 heteroatoms. The first-order valence-corrected chi connectivity index (χ1v) is 11.9. The van der Waals surface area contributed by atoms with Gasteiger partial charge in [0.05, 0.1) is 42.2 Å². The van der Waals surface area contributed by atoms with Crippen LogP contribution in [0.15, 0.2) is 69.6 Å². The molecule has 1 atom stereocenters. The van der Waals surface area contributed by atoms with Crippen LogP contribution in [0.2, 0.25) is 0 Å². The summed E-state index contributed by atoms with van der Waals surface area (Å²) in [5.74, 6) is 0.604. The maximum absolute atomic E-state index is 13.6. The number of methoxy groups -OCH3 is 1. The Hall–Kier alpha value is -3.65. The summed E-state index contributed by atoms with van der Waals surface area (Å²) in [5, 5.41) is 0. The van der Waals surface area contributed by atoms with Crippen molar-refractivity contribution in [1.82, 2.24) is 4.57 Å². The highest BCUT2D eigenvalue weighted by Gasteiger charge is 2.33. The summed E-state index contributed by atoms with van der Waals surface area (Å²) >= 11 is 1.29. The Balaban J connectivity index is 1.97. The molecule has 0 fully saturated rings. The van der Waals surface area contributed by atoms with E-state index in [2.05, 4.69) is 4.99 Å². The third kappa shape index (κ3) is 4.41. The van der Waals surface area contributed by atoms with Gasteiger partial charge in [-0.2, -0.15) is 0 Å². The number of hydrogen-bond acceptors (Lipinski definition) is 7. The fourth-order valence-electron chi connectivity index (χ4n) is 3.94. The van der Waals surface area contributed by atoms with Crippen molar-refractivity contribution in [3.8, 4) is 11.5 Å². The lowest BCUT2D eigenvalue weighted by Crippen LogP contribution is -2.40. The molecule has 0 amide bonds. The van der Waals surface area contributed by atoms with E-state index in [1.807, 2.05) is 49.4 Å². The number of allylic oxidation sites excluding steroid dienone is 1. The van der Waals surface area contributed by atoms with Gasteiger partial charge in [0, 0.05) is 0 Å². The third-order valence-electron chi connectivity index (χ3n) is 5.42. The SMILES string of the molecule is CCOC(=O)C1=C(C)N=c2s/c(=C\c3ccccc3)c(=O)n2C1c1ccc(OC)c(OCC)c1. The number of hydrogen-bond donors (Lipinski definition) is 0. The Kier molecular flexibility index (Phi) is 6.98. The molecule has 0 spiro atoms. The summed E-state index contributed by atoms with van der Waals surface area (Å²) in [6.45, 7) is 6.05. The maximum Gasteiger partial charge on any atom is 0.338 e. The fraction of sp³-hybridized carbons (Fsp3) is 0.269. The van der Waals surface area contributed by atoms with E-state index in [1.165, 1.54) is 11.3 Å². The molecule has 0 bridgehead atoms. The van der Waals surface area contributed by atoms with Crippen molar-refractivity contribution in [2.45, 2.75) is 26.8 Å². The van der Waals surface area contributed by atoms with E-state index in [0.717, 1.165) is 5.56 Å². The first kappa shape index (κ1) is 23.5. The number of carbonyl (C=O) groups excluding carboxylic acids is 1. The van der Waals surface area contributed by atoms with Crippen LogP contribution < -0.4 is 24.4 Å². The van der Waals surface area contributed by atoms with Crippen LogP contribution in [0.4, 0.5) is 0 Å². The average molecular weight is 479 g/mol. The number of ether oxygens (including phenoxy) is 3. The number of aromatic nitrogens is 1. The second-order valence-electron chi connectivity index (χ2n) is 7.56. The highest BCUT2D eigenvalue weighted by atomic mass is 32.1. The number of carbonyl (C=O) groups is 1. The molecular weight excluding hydrogens is 452 g/mol. The van der Waals surface area contributed by atoms with Crippen molar-refractivity contribution in [2.75, 3.05) is 20.3 Å². The Morgan fingerprint density at radius 3 is 2.56 bits per heavy atom. The van der Waals surface area contributed by atoms with Gasteiger partial charge < -0.3 is 14.2 Å². The molecule has 0 N–H and O–H groups in total. The van der Waals surface area contributed by atoms with Crippen LogP contribution in [-0.2, 0) is 9.53 Å². The summed E-state index contributed by atoms with van der Waals surface area (Å²) in [5.41, 5.74) is 2.24. The first-order chi connectivity index (χ1) is 16.5. The van der Waals surface area contributed by atoms with Gasteiger partial charge in [-0.15, -0.1) is 0 Å². The maximum atomic E-state index is 13.6. The lowest BCUT2D eigenvalue weighted by molar-refractivity contribution is -0.139. The van der Waals surface area contributed by atoms with Gasteiger partial charge in [-0.1, -0.05) is 47.7 Å². The van der Waals surface area contributed by atoms with Crippen LogP contribution in [0.25, 0.3) is 6.08 Å². The van der Waals surface area contributed by atoms with Gasteiger partial charge in [0.15, 0.2) is 16.3 Å². The van der Waals surface area contributed by atoms with E-state index < -0.39 is 12.0 Å². The second-order valence-corrected chi connectivity index (χ2v) is 8.57. The van der Waals surface area contributed by atoms with Crippen molar-refractivity contribution in [1.29, 1.82) is 0 Å². The number of fused-ring (bicyclic) bond motifs is 1. The van der Waals surface area contributed by atoms with Crippen LogP contribution in [0.5, 0.6) is 11.5 Å². The average Bonchev–Trinajstić information content (AvgIpc) is 3.13. The van der Waals surface area contributed by atoms with Gasteiger partial charge in [-0.05, 0) is 50.1 Å². The molecule has 7 nitrogen and oxygen atoms in total. The van der Waals surface area contributed by atoms with Crippen LogP contribution in [-0.4, -0.2) is 30.9 Å². The molecule has 176 valence electrons. The van der Waals surface area contributed by atoms with Crippen molar-refractivity contribution in [3.05, 3.63) is 90.6 Å². The molecule has 2 heterocycles. The fourth-order valence-corrected chi connectivity index (χ4v) is 4.99. The monoisotopic (exact) mass is 478 g/mol. The van der Waals surface area contributed by atoms with Crippen LogP contribution in [0.1, 0.15) is 37.9 Å². The molecule has 1 unspecified atom stereocenters. The molecule has 4 rings (SSSR count). The molecule has 0 radical (unpaired) electrons. The van der Waals surface area contributed by atoms with Crippen molar-refractivity contribution < 1.29 is 19.0 Å². The van der Waals surface area contributed by atoms with E-state index in [1.54, 1.807) is 37.7 Å². The Bertz CT molecular complexity index is 1420. The summed E-state index contributed by atoms with van der Waals surface area (Å²) < 4.78 is 18.6. The van der Waals surface area contributed by atoms with Gasteiger partial charge >= 0.3 is 5.97 Å². The number of benzene rings is 2. The standard InChI is InChI=1S/C26H26N2O5S/c1-5-32-20-15-18(12-13-19(20)31-4)23-22(25(30)33-6-2)16(3)27-26-28(23)24(29)21(34-26)14-17-10-8-7-9-11-17/h7-15,23H,5-6H2,1-4H3/b21-14-. The zero-order valence-electron chi connectivity index (χ0n) is 19.5. The van der Waals surface area contributed by atoms with Gasteiger partial charge in [0.1, 0.15) is 0 Å². The second kappa shape index (κ2) is 10.1. The smallest absolute Gasteiger partial charge is 0.338 e. The van der Waals surface area contributed by atoms with Gasteiger partial charge in [-0.3, -0.25) is 9.36 Å². The minimum absolute atomic E-state index is 0.216. The predicted octanol–water partition coefficient (Wildman–Crippen LogP) is 3.21. The number of thiazole rings is 1. The number of nitrogens with zero attached hydrogens (tertiary/aromatic N) is 2. The zero-order valence-corrected chi connectivity index (χ0v) is 20.3. The predicted molar refractivity (Wildman–Crippen MR) is 131 cm³/mol. The van der Waals surface area contributed by atoms with E-state index in [4.69, 9.17) is 14.2 Å². The molecule has 1 aliphatic heterocycles. The van der Waals surface area contributed by atoms with Gasteiger partial charge in [0.2, 0.25) is 0 Å². The largest absolute Gasteiger partial charge is 0.493 e. The Labute approximate surface area is 201 Å². The Morgan fingerprint density at radius 1 is 1.12 bits per heavy atom. The number of rotatable bonds is 7. The Morgan fingerprint density at radius 2 is 1.88 bits per heavy atom. The first-order valence-electron chi connectivity index (χ1n) is 11.0. The zero-order chi connectivity index (χ0) is 24.2.